The van der Waals surface area contributed by atoms with E-state index in [-0.39, 0.29) is 10.9 Å². The number of pyridine rings is 1. The van der Waals surface area contributed by atoms with Crippen molar-refractivity contribution in [2.24, 2.45) is 0 Å². The molecule has 1 heterocycles. The van der Waals surface area contributed by atoms with Gasteiger partial charge in [-0.2, -0.15) is 0 Å². The number of rotatable bonds is 4. The van der Waals surface area contributed by atoms with Gasteiger partial charge in [0.05, 0.1) is 15.5 Å². The molecule has 0 radical (unpaired) electrons. The van der Waals surface area contributed by atoms with Gasteiger partial charge in [-0.1, -0.05) is 18.7 Å². The first kappa shape index (κ1) is 14.4. The first-order valence-corrected chi connectivity index (χ1v) is 6.66. The molecule has 0 aromatic carbocycles. The summed E-state index contributed by atoms with van der Waals surface area (Å²) in [6.07, 6.45) is 0.779. The minimum atomic E-state index is -0.468. The molecule has 7 heteroatoms. The number of thioether (sulfide) groups is 1. The van der Waals surface area contributed by atoms with Gasteiger partial charge in [0.1, 0.15) is 11.2 Å². The summed E-state index contributed by atoms with van der Waals surface area (Å²) in [5.74, 6) is 0. The van der Waals surface area contributed by atoms with Crippen molar-refractivity contribution in [1.29, 1.82) is 0 Å². The molecule has 0 aliphatic rings. The maximum Gasteiger partial charge on any atom is 0.291 e. The number of nitro groups is 1. The van der Waals surface area contributed by atoms with E-state index in [0.29, 0.717) is 15.1 Å². The normalized spacial score (nSPS) is 14.4. The molecular formula is C10H13BrN2O3S. The molecule has 0 saturated carbocycles. The van der Waals surface area contributed by atoms with Crippen LogP contribution in [0.4, 0.5) is 5.69 Å². The number of nitrogens with zero attached hydrogens (tertiary/aromatic N) is 2. The Kier molecular flexibility index (Phi) is 4.91. The van der Waals surface area contributed by atoms with Crippen LogP contribution in [-0.2, 0) is 0 Å². The third-order valence-electron chi connectivity index (χ3n) is 2.38. The van der Waals surface area contributed by atoms with Crippen LogP contribution in [0.1, 0.15) is 19.4 Å². The highest BCUT2D eigenvalue weighted by Gasteiger charge is 2.20. The fourth-order valence-electron chi connectivity index (χ4n) is 1.09. The standard InChI is InChI=1S/C10H13BrN2O3S/c1-5-8(13(15)16)4-12-10(9(5)11)17-7(3)6(2)14/h4,6-7,14H,1-3H3. The number of aliphatic hydroxyl groups excluding tert-OH is 1. The van der Waals surface area contributed by atoms with Gasteiger partial charge < -0.3 is 5.11 Å². The highest BCUT2D eigenvalue weighted by Crippen LogP contribution is 2.35. The number of halogens is 1. The first-order chi connectivity index (χ1) is 7.84. The Hall–Kier alpha value is -0.660. The van der Waals surface area contributed by atoms with Crippen molar-refractivity contribution >= 4 is 33.4 Å². The Morgan fingerprint density at radius 1 is 1.59 bits per heavy atom. The van der Waals surface area contributed by atoms with Crippen molar-refractivity contribution in [3.8, 4) is 0 Å². The average Bonchev–Trinajstić information content (AvgIpc) is 2.24. The van der Waals surface area contributed by atoms with Crippen molar-refractivity contribution in [3.63, 3.8) is 0 Å². The fraction of sp³-hybridized carbons (Fsp3) is 0.500. The van der Waals surface area contributed by atoms with Crippen LogP contribution in [0.5, 0.6) is 0 Å². The second kappa shape index (κ2) is 5.79. The predicted octanol–water partition coefficient (Wildman–Crippen LogP) is 2.92. The van der Waals surface area contributed by atoms with Gasteiger partial charge in [-0.25, -0.2) is 4.98 Å². The molecule has 0 fully saturated rings. The highest BCUT2D eigenvalue weighted by atomic mass is 79.9. The second-order valence-electron chi connectivity index (χ2n) is 3.71. The molecule has 2 unspecified atom stereocenters. The molecule has 0 aliphatic heterocycles. The Morgan fingerprint density at radius 3 is 2.65 bits per heavy atom. The fourth-order valence-corrected chi connectivity index (χ4v) is 2.59. The Labute approximate surface area is 112 Å². The van der Waals surface area contributed by atoms with Crippen LogP contribution in [0.25, 0.3) is 0 Å². The second-order valence-corrected chi connectivity index (χ2v) is 5.87. The van der Waals surface area contributed by atoms with Crippen LogP contribution in [0.15, 0.2) is 15.7 Å². The zero-order chi connectivity index (χ0) is 13.2. The van der Waals surface area contributed by atoms with Gasteiger partial charge in [0.2, 0.25) is 0 Å². The Morgan fingerprint density at radius 2 is 2.18 bits per heavy atom. The molecule has 0 saturated heterocycles. The van der Waals surface area contributed by atoms with E-state index in [1.165, 1.54) is 18.0 Å². The summed E-state index contributed by atoms with van der Waals surface area (Å²) in [4.78, 5) is 14.3. The topological polar surface area (TPSA) is 76.3 Å². The molecule has 1 aromatic rings. The zero-order valence-electron chi connectivity index (χ0n) is 9.68. The van der Waals surface area contributed by atoms with Crippen LogP contribution in [0.2, 0.25) is 0 Å². The van der Waals surface area contributed by atoms with E-state index >= 15 is 0 Å². The molecule has 0 spiro atoms. The van der Waals surface area contributed by atoms with Gasteiger partial charge in [-0.15, -0.1) is 0 Å². The monoisotopic (exact) mass is 320 g/mol. The Balaban J connectivity index is 3.05. The molecule has 0 bridgehead atoms. The average molecular weight is 321 g/mol. The highest BCUT2D eigenvalue weighted by molar-refractivity contribution is 9.10. The van der Waals surface area contributed by atoms with Gasteiger partial charge in [-0.05, 0) is 29.8 Å². The lowest BCUT2D eigenvalue weighted by Crippen LogP contribution is -2.15. The van der Waals surface area contributed by atoms with E-state index in [1.54, 1.807) is 13.8 Å². The summed E-state index contributed by atoms with van der Waals surface area (Å²) < 4.78 is 0.615. The predicted molar refractivity (Wildman–Crippen MR) is 70.3 cm³/mol. The summed E-state index contributed by atoms with van der Waals surface area (Å²) in [5, 5.41) is 20.8. The molecule has 5 nitrogen and oxygen atoms in total. The lowest BCUT2D eigenvalue weighted by Gasteiger charge is -2.14. The van der Waals surface area contributed by atoms with E-state index in [0.717, 1.165) is 0 Å². The first-order valence-electron chi connectivity index (χ1n) is 4.98. The van der Waals surface area contributed by atoms with E-state index in [9.17, 15) is 15.2 Å². The smallest absolute Gasteiger partial charge is 0.291 e. The van der Waals surface area contributed by atoms with Crippen molar-refractivity contribution in [1.82, 2.24) is 4.98 Å². The van der Waals surface area contributed by atoms with Crippen molar-refractivity contribution < 1.29 is 10.0 Å². The van der Waals surface area contributed by atoms with Crippen LogP contribution in [0, 0.1) is 17.0 Å². The largest absolute Gasteiger partial charge is 0.392 e. The van der Waals surface area contributed by atoms with Crippen LogP contribution in [0.3, 0.4) is 0 Å². The minimum absolute atomic E-state index is 0.00840. The van der Waals surface area contributed by atoms with E-state index < -0.39 is 11.0 Å². The molecule has 94 valence electrons. The number of aromatic nitrogens is 1. The number of aliphatic hydroxyl groups is 1. The van der Waals surface area contributed by atoms with Gasteiger partial charge in [0, 0.05) is 10.8 Å². The van der Waals surface area contributed by atoms with E-state index in [2.05, 4.69) is 20.9 Å². The summed E-state index contributed by atoms with van der Waals surface area (Å²) in [7, 11) is 0. The van der Waals surface area contributed by atoms with Gasteiger partial charge >= 0.3 is 0 Å². The molecule has 1 rings (SSSR count). The van der Waals surface area contributed by atoms with E-state index in [1.807, 2.05) is 6.92 Å². The number of hydrogen-bond acceptors (Lipinski definition) is 5. The quantitative estimate of drug-likeness (QED) is 0.524. The molecule has 2 atom stereocenters. The maximum atomic E-state index is 10.7. The van der Waals surface area contributed by atoms with Gasteiger partial charge in [0.25, 0.3) is 5.69 Å². The van der Waals surface area contributed by atoms with Gasteiger partial charge in [-0.3, -0.25) is 10.1 Å². The van der Waals surface area contributed by atoms with Crippen molar-refractivity contribution in [2.45, 2.75) is 37.2 Å². The SMILES string of the molecule is Cc1c([N+](=O)[O-])cnc(SC(C)C(C)O)c1Br. The summed E-state index contributed by atoms with van der Waals surface area (Å²) in [5.41, 5.74) is 0.538. The number of hydrogen-bond donors (Lipinski definition) is 1. The lowest BCUT2D eigenvalue weighted by molar-refractivity contribution is -0.385. The van der Waals surface area contributed by atoms with Crippen LogP contribution in [-0.4, -0.2) is 26.4 Å². The molecule has 17 heavy (non-hydrogen) atoms. The summed E-state index contributed by atoms with van der Waals surface area (Å²) in [6, 6.07) is 0. The van der Waals surface area contributed by atoms with E-state index in [4.69, 9.17) is 0 Å². The molecular weight excluding hydrogens is 308 g/mol. The Bertz CT molecular complexity index is 440. The third kappa shape index (κ3) is 3.40. The molecule has 1 N–H and O–H groups in total. The molecule has 1 aromatic heterocycles. The summed E-state index contributed by atoms with van der Waals surface area (Å²) in [6.45, 7) is 5.24. The van der Waals surface area contributed by atoms with Crippen molar-refractivity contribution in [3.05, 3.63) is 26.3 Å². The minimum Gasteiger partial charge on any atom is -0.392 e. The zero-order valence-corrected chi connectivity index (χ0v) is 12.1. The molecule has 0 amide bonds. The maximum absolute atomic E-state index is 10.7. The van der Waals surface area contributed by atoms with Crippen LogP contribution >= 0.6 is 27.7 Å². The van der Waals surface area contributed by atoms with Crippen molar-refractivity contribution in [2.75, 3.05) is 0 Å². The third-order valence-corrected chi connectivity index (χ3v) is 4.91. The molecule has 0 aliphatic carbocycles. The van der Waals surface area contributed by atoms with Gasteiger partial charge in [0.15, 0.2) is 0 Å². The van der Waals surface area contributed by atoms with Crippen LogP contribution < -0.4 is 0 Å². The lowest BCUT2D eigenvalue weighted by atomic mass is 10.2. The summed E-state index contributed by atoms with van der Waals surface area (Å²) >= 11 is 4.69.